The summed E-state index contributed by atoms with van der Waals surface area (Å²) in [5.74, 6) is 0.355. The second-order valence-corrected chi connectivity index (χ2v) is 3.44. The van der Waals surface area contributed by atoms with Crippen LogP contribution in [0.1, 0.15) is 19.8 Å². The van der Waals surface area contributed by atoms with Crippen molar-refractivity contribution in [1.29, 1.82) is 0 Å². The normalized spacial score (nSPS) is 33.7. The van der Waals surface area contributed by atoms with Crippen molar-refractivity contribution in [2.75, 3.05) is 7.05 Å². The third kappa shape index (κ3) is 1.34. The minimum Gasteiger partial charge on any atom is -0.306 e. The predicted molar refractivity (Wildman–Crippen MR) is 44.4 cm³/mol. The highest BCUT2D eigenvalue weighted by Gasteiger charge is 2.46. The van der Waals surface area contributed by atoms with Crippen molar-refractivity contribution < 1.29 is 9.59 Å². The molecule has 0 aromatic carbocycles. The summed E-state index contributed by atoms with van der Waals surface area (Å²) in [6.07, 6.45) is 2.05. The maximum atomic E-state index is 11.3. The molecule has 0 heterocycles. The van der Waals surface area contributed by atoms with Crippen LogP contribution in [-0.2, 0) is 9.59 Å². The van der Waals surface area contributed by atoms with Gasteiger partial charge in [0.05, 0.1) is 5.54 Å². The van der Waals surface area contributed by atoms with Gasteiger partial charge < -0.3 is 5.32 Å². The zero-order valence-electron chi connectivity index (χ0n) is 7.39. The van der Waals surface area contributed by atoms with Crippen LogP contribution >= 0.6 is 0 Å². The lowest BCUT2D eigenvalue weighted by atomic mass is 9.68. The zero-order valence-corrected chi connectivity index (χ0v) is 7.39. The van der Waals surface area contributed by atoms with Gasteiger partial charge >= 0.3 is 0 Å². The molecule has 0 aliphatic heterocycles. The Kier molecular flexibility index (Phi) is 2.47. The summed E-state index contributed by atoms with van der Waals surface area (Å²) in [6.45, 7) is 2.09. The summed E-state index contributed by atoms with van der Waals surface area (Å²) in [4.78, 5) is 21.4. The molecule has 0 aromatic rings. The molecule has 68 valence electrons. The number of hydrogen-bond acceptors (Lipinski definition) is 3. The van der Waals surface area contributed by atoms with Gasteiger partial charge in [-0.15, -0.1) is 0 Å². The minimum absolute atomic E-state index is 0.210. The van der Waals surface area contributed by atoms with E-state index in [0.29, 0.717) is 12.3 Å². The molecule has 2 N–H and O–H groups in total. The Labute approximate surface area is 71.7 Å². The van der Waals surface area contributed by atoms with Crippen molar-refractivity contribution in [2.24, 2.45) is 5.92 Å². The first-order valence-electron chi connectivity index (χ1n) is 4.08. The molecule has 0 spiro atoms. The largest absolute Gasteiger partial charge is 0.306 e. The number of likely N-dealkylation sites (N-methyl/N-ethyl adjacent to an activating group) is 1. The van der Waals surface area contributed by atoms with Gasteiger partial charge in [-0.2, -0.15) is 0 Å². The average Bonchev–Trinajstić information content (AvgIpc) is 1.98. The fraction of sp³-hybridized carbons (Fsp3) is 0.750. The maximum Gasteiger partial charge on any atom is 0.246 e. The van der Waals surface area contributed by atoms with Crippen molar-refractivity contribution in [1.82, 2.24) is 10.6 Å². The summed E-state index contributed by atoms with van der Waals surface area (Å²) in [6, 6.07) is 0. The van der Waals surface area contributed by atoms with Gasteiger partial charge in [-0.05, 0) is 25.8 Å². The van der Waals surface area contributed by atoms with Crippen LogP contribution < -0.4 is 10.6 Å². The number of rotatable bonds is 3. The number of carbonyl (C=O) groups excluding carboxylic acids is 2. The van der Waals surface area contributed by atoms with E-state index >= 15 is 0 Å². The summed E-state index contributed by atoms with van der Waals surface area (Å²) in [7, 11) is 1.75. The van der Waals surface area contributed by atoms with E-state index in [-0.39, 0.29) is 5.91 Å². The molecule has 0 unspecified atom stereocenters. The number of amides is 2. The molecule has 0 radical (unpaired) electrons. The Morgan fingerprint density at radius 3 is 2.50 bits per heavy atom. The van der Waals surface area contributed by atoms with Gasteiger partial charge in [0.25, 0.3) is 0 Å². The molecule has 0 bridgehead atoms. The molecule has 4 nitrogen and oxygen atoms in total. The van der Waals surface area contributed by atoms with Crippen molar-refractivity contribution >= 4 is 12.3 Å². The van der Waals surface area contributed by atoms with Gasteiger partial charge in [0.1, 0.15) is 0 Å². The molecule has 12 heavy (non-hydrogen) atoms. The lowest BCUT2D eigenvalue weighted by molar-refractivity contribution is -0.135. The molecule has 2 amide bonds. The van der Waals surface area contributed by atoms with Crippen LogP contribution in [0.25, 0.3) is 0 Å². The van der Waals surface area contributed by atoms with Crippen LogP contribution in [0.3, 0.4) is 0 Å². The predicted octanol–water partition coefficient (Wildman–Crippen LogP) is -0.353. The van der Waals surface area contributed by atoms with Crippen LogP contribution in [0, 0.1) is 5.92 Å². The standard InChI is InChI=1S/C8H14N2O2/c1-6-3-8(4-6,9-2)7(12)10-5-11/h5-6,9H,3-4H2,1-2H3,(H,10,11,12). The maximum absolute atomic E-state index is 11.3. The average molecular weight is 170 g/mol. The summed E-state index contributed by atoms with van der Waals surface area (Å²) < 4.78 is 0. The Balaban J connectivity index is 2.56. The highest BCUT2D eigenvalue weighted by Crippen LogP contribution is 2.37. The third-order valence-electron chi connectivity index (χ3n) is 2.50. The number of nitrogens with one attached hydrogen (secondary N) is 2. The first-order chi connectivity index (χ1) is 5.64. The zero-order chi connectivity index (χ0) is 9.19. The van der Waals surface area contributed by atoms with Gasteiger partial charge in [0.2, 0.25) is 12.3 Å². The molecular weight excluding hydrogens is 156 g/mol. The fourth-order valence-corrected chi connectivity index (χ4v) is 1.82. The topological polar surface area (TPSA) is 58.2 Å². The first-order valence-corrected chi connectivity index (χ1v) is 4.08. The second-order valence-electron chi connectivity index (χ2n) is 3.44. The smallest absolute Gasteiger partial charge is 0.246 e. The van der Waals surface area contributed by atoms with Crippen LogP contribution in [0.2, 0.25) is 0 Å². The molecule has 1 rings (SSSR count). The Morgan fingerprint density at radius 2 is 2.17 bits per heavy atom. The van der Waals surface area contributed by atoms with E-state index in [2.05, 4.69) is 17.6 Å². The van der Waals surface area contributed by atoms with Crippen molar-refractivity contribution in [3.05, 3.63) is 0 Å². The summed E-state index contributed by atoms with van der Waals surface area (Å²) in [5.41, 5.74) is -0.486. The molecular formula is C8H14N2O2. The summed E-state index contributed by atoms with van der Waals surface area (Å²) >= 11 is 0. The molecule has 0 atom stereocenters. The minimum atomic E-state index is -0.486. The van der Waals surface area contributed by atoms with Crippen molar-refractivity contribution in [3.8, 4) is 0 Å². The van der Waals surface area contributed by atoms with E-state index in [1.165, 1.54) is 0 Å². The molecule has 1 saturated carbocycles. The van der Waals surface area contributed by atoms with Gasteiger partial charge in [-0.1, -0.05) is 6.92 Å². The van der Waals surface area contributed by atoms with Crippen LogP contribution in [0.15, 0.2) is 0 Å². The Hall–Kier alpha value is -0.900. The Bertz CT molecular complexity index is 197. The lowest BCUT2D eigenvalue weighted by Crippen LogP contribution is -2.62. The molecule has 4 heteroatoms. The fourth-order valence-electron chi connectivity index (χ4n) is 1.82. The number of imide groups is 1. The van der Waals surface area contributed by atoms with Gasteiger partial charge in [0.15, 0.2) is 0 Å². The lowest BCUT2D eigenvalue weighted by Gasteiger charge is -2.44. The van der Waals surface area contributed by atoms with E-state index in [9.17, 15) is 9.59 Å². The highest BCUT2D eigenvalue weighted by atomic mass is 16.2. The monoisotopic (exact) mass is 170 g/mol. The van der Waals surface area contributed by atoms with Crippen LogP contribution in [0.5, 0.6) is 0 Å². The van der Waals surface area contributed by atoms with Gasteiger partial charge in [-0.3, -0.25) is 14.9 Å². The molecule has 1 aliphatic carbocycles. The highest BCUT2D eigenvalue weighted by molar-refractivity contribution is 5.94. The summed E-state index contributed by atoms with van der Waals surface area (Å²) in [5, 5.41) is 5.14. The molecule has 1 aliphatic rings. The van der Waals surface area contributed by atoms with Crippen molar-refractivity contribution in [2.45, 2.75) is 25.3 Å². The van der Waals surface area contributed by atoms with E-state index < -0.39 is 5.54 Å². The van der Waals surface area contributed by atoms with E-state index in [0.717, 1.165) is 12.8 Å². The van der Waals surface area contributed by atoms with Crippen molar-refractivity contribution in [3.63, 3.8) is 0 Å². The SMILES string of the molecule is CNC1(C(=O)NC=O)CC(C)C1. The molecule has 0 aromatic heterocycles. The van der Waals surface area contributed by atoms with Crippen LogP contribution in [0.4, 0.5) is 0 Å². The third-order valence-corrected chi connectivity index (χ3v) is 2.50. The second kappa shape index (κ2) is 3.23. The molecule has 0 saturated heterocycles. The number of carbonyl (C=O) groups is 2. The Morgan fingerprint density at radius 1 is 1.58 bits per heavy atom. The van der Waals surface area contributed by atoms with Gasteiger partial charge in [0, 0.05) is 0 Å². The van der Waals surface area contributed by atoms with Gasteiger partial charge in [-0.25, -0.2) is 0 Å². The quantitative estimate of drug-likeness (QED) is 0.569. The van der Waals surface area contributed by atoms with Crippen LogP contribution in [-0.4, -0.2) is 24.9 Å². The van der Waals surface area contributed by atoms with E-state index in [1.807, 2.05) is 0 Å². The van der Waals surface area contributed by atoms with E-state index in [1.54, 1.807) is 7.05 Å². The number of hydrogen-bond donors (Lipinski definition) is 2. The first kappa shape index (κ1) is 9.19. The van der Waals surface area contributed by atoms with E-state index in [4.69, 9.17) is 0 Å². The molecule has 1 fully saturated rings.